The third kappa shape index (κ3) is 5.29. The summed E-state index contributed by atoms with van der Waals surface area (Å²) in [6.07, 6.45) is -11.6. The number of alkyl halides is 6. The summed E-state index contributed by atoms with van der Waals surface area (Å²) >= 11 is 1.08. The molecule has 0 aliphatic carbocycles. The third-order valence-electron chi connectivity index (χ3n) is 6.53. The first kappa shape index (κ1) is 28.4. The van der Waals surface area contributed by atoms with Crippen LogP contribution in [0.25, 0.3) is 0 Å². The van der Waals surface area contributed by atoms with Crippen molar-refractivity contribution < 1.29 is 39.9 Å². The zero-order valence-corrected chi connectivity index (χ0v) is 21.6. The number of halogens is 6. The van der Waals surface area contributed by atoms with Gasteiger partial charge < -0.3 is 10.0 Å². The maximum absolute atomic E-state index is 13.3. The van der Waals surface area contributed by atoms with Crippen molar-refractivity contribution in [2.45, 2.75) is 41.5 Å². The van der Waals surface area contributed by atoms with E-state index in [4.69, 9.17) is 0 Å². The molecule has 2 aromatic carbocycles. The molecule has 2 heterocycles. The quantitative estimate of drug-likeness (QED) is 0.393. The van der Waals surface area contributed by atoms with Crippen molar-refractivity contribution in [2.75, 3.05) is 24.5 Å². The van der Waals surface area contributed by atoms with Crippen LogP contribution in [0.4, 0.5) is 32.0 Å². The van der Waals surface area contributed by atoms with Gasteiger partial charge in [-0.25, -0.2) is 8.42 Å². The Bertz CT molecular complexity index is 1340. The molecule has 0 bridgehead atoms. The van der Waals surface area contributed by atoms with E-state index in [1.54, 1.807) is 16.3 Å². The average molecular weight is 579 g/mol. The van der Waals surface area contributed by atoms with Crippen LogP contribution in [0, 0.1) is 6.92 Å². The van der Waals surface area contributed by atoms with Crippen LogP contribution in [-0.4, -0.2) is 55.9 Å². The summed E-state index contributed by atoms with van der Waals surface area (Å²) in [5.41, 5.74) is -4.18. The van der Waals surface area contributed by atoms with E-state index < -0.39 is 39.6 Å². The Hall–Kier alpha value is -2.61. The largest absolute Gasteiger partial charge is 0.430 e. The van der Waals surface area contributed by atoms with Gasteiger partial charge in [-0.3, -0.25) is 0 Å². The number of piperazine rings is 1. The lowest BCUT2D eigenvalue weighted by molar-refractivity contribution is -0.376. The SMILES string of the molecule is Cc1cccc(CC2CN(S(=O)(=O)c3cccs3)CCN2c2ccc(C(O)(C(F)(F)F)C(F)(F)F)cc2)c1. The fourth-order valence-corrected chi connectivity index (χ4v) is 7.20. The van der Waals surface area contributed by atoms with E-state index in [9.17, 15) is 39.9 Å². The summed E-state index contributed by atoms with van der Waals surface area (Å²) in [6, 6.07) is 13.6. The van der Waals surface area contributed by atoms with Crippen molar-refractivity contribution in [3.8, 4) is 0 Å². The maximum Gasteiger partial charge on any atom is 0.430 e. The number of rotatable bonds is 6. The van der Waals surface area contributed by atoms with Gasteiger partial charge in [-0.05, 0) is 42.5 Å². The van der Waals surface area contributed by atoms with Gasteiger partial charge in [0.05, 0.1) is 0 Å². The molecular formula is C25H24F6N2O3S2. The van der Waals surface area contributed by atoms with E-state index in [2.05, 4.69) is 0 Å². The molecule has 1 fully saturated rings. The smallest absolute Gasteiger partial charge is 0.369 e. The van der Waals surface area contributed by atoms with Crippen molar-refractivity contribution in [3.63, 3.8) is 0 Å². The van der Waals surface area contributed by atoms with E-state index in [1.165, 1.54) is 10.4 Å². The Kier molecular flexibility index (Phi) is 7.60. The Morgan fingerprint density at radius 2 is 1.61 bits per heavy atom. The molecule has 1 unspecified atom stereocenters. The molecular weight excluding hydrogens is 554 g/mol. The Labute approximate surface area is 220 Å². The van der Waals surface area contributed by atoms with Crippen molar-refractivity contribution >= 4 is 27.0 Å². The molecule has 1 atom stereocenters. The molecule has 0 amide bonds. The van der Waals surface area contributed by atoms with Crippen LogP contribution in [0.3, 0.4) is 0 Å². The number of benzene rings is 2. The number of aliphatic hydroxyl groups is 1. The number of hydrogen-bond acceptors (Lipinski definition) is 5. The first-order chi connectivity index (χ1) is 17.6. The van der Waals surface area contributed by atoms with E-state index in [-0.39, 0.29) is 23.8 Å². The lowest BCUT2D eigenvalue weighted by Crippen LogP contribution is -2.55. The molecule has 0 spiro atoms. The van der Waals surface area contributed by atoms with Gasteiger partial charge in [-0.1, -0.05) is 48.0 Å². The molecule has 0 radical (unpaired) electrons. The summed E-state index contributed by atoms with van der Waals surface area (Å²) in [5, 5.41) is 11.4. The van der Waals surface area contributed by atoms with Gasteiger partial charge in [0, 0.05) is 36.9 Å². The summed E-state index contributed by atoms with van der Waals surface area (Å²) in [5.74, 6) is 0. The Morgan fingerprint density at radius 1 is 0.947 bits per heavy atom. The van der Waals surface area contributed by atoms with Crippen LogP contribution < -0.4 is 4.90 Å². The average Bonchev–Trinajstić information content (AvgIpc) is 3.38. The maximum atomic E-state index is 13.3. The van der Waals surface area contributed by atoms with Crippen LogP contribution in [-0.2, 0) is 22.0 Å². The van der Waals surface area contributed by atoms with E-state index >= 15 is 0 Å². The molecule has 3 aromatic rings. The van der Waals surface area contributed by atoms with Gasteiger partial charge in [0.1, 0.15) is 4.21 Å². The number of anilines is 1. The minimum atomic E-state index is -5.98. The normalized spacial score (nSPS) is 18.1. The molecule has 1 aliphatic heterocycles. The Balaban J connectivity index is 1.67. The predicted octanol–water partition coefficient (Wildman–Crippen LogP) is 5.49. The number of aryl methyl sites for hydroxylation is 1. The molecule has 4 rings (SSSR count). The standard InChI is InChI=1S/C25H24F6N2O3S2/c1-17-4-2-5-18(14-17)15-21-16-32(38(35,36)22-6-3-13-37-22)11-12-33(21)20-9-7-19(8-10-20)23(34,24(26,27)28)25(29,30)31/h2-10,13-14,21,34H,11-12,15-16H2,1H3. The molecule has 1 saturated heterocycles. The summed E-state index contributed by atoms with van der Waals surface area (Å²) in [6.45, 7) is 2.19. The van der Waals surface area contributed by atoms with Crippen LogP contribution in [0.1, 0.15) is 16.7 Å². The van der Waals surface area contributed by atoms with Crippen LogP contribution in [0.15, 0.2) is 70.3 Å². The zero-order chi connectivity index (χ0) is 27.9. The topological polar surface area (TPSA) is 60.9 Å². The molecule has 206 valence electrons. The van der Waals surface area contributed by atoms with Crippen molar-refractivity contribution in [1.29, 1.82) is 0 Å². The molecule has 5 nitrogen and oxygen atoms in total. The van der Waals surface area contributed by atoms with Crippen LogP contribution in [0.5, 0.6) is 0 Å². The van der Waals surface area contributed by atoms with Crippen molar-refractivity contribution in [2.24, 2.45) is 0 Å². The lowest BCUT2D eigenvalue weighted by Gasteiger charge is -2.42. The van der Waals surface area contributed by atoms with Gasteiger partial charge in [0.2, 0.25) is 0 Å². The fraction of sp³-hybridized carbons (Fsp3) is 0.360. The zero-order valence-electron chi connectivity index (χ0n) is 20.0. The van der Waals surface area contributed by atoms with E-state index in [0.29, 0.717) is 24.2 Å². The summed E-state index contributed by atoms with van der Waals surface area (Å²) in [7, 11) is -3.77. The second kappa shape index (κ2) is 10.2. The number of nitrogens with zero attached hydrogens (tertiary/aromatic N) is 2. The minimum Gasteiger partial charge on any atom is -0.369 e. The van der Waals surface area contributed by atoms with Gasteiger partial charge in [-0.15, -0.1) is 11.3 Å². The second-order valence-electron chi connectivity index (χ2n) is 9.09. The molecule has 1 aliphatic rings. The van der Waals surface area contributed by atoms with Crippen molar-refractivity contribution in [3.05, 3.63) is 82.7 Å². The highest BCUT2D eigenvalue weighted by atomic mass is 32.2. The van der Waals surface area contributed by atoms with Gasteiger partial charge in [0.15, 0.2) is 0 Å². The Morgan fingerprint density at radius 3 is 2.16 bits per heavy atom. The number of sulfonamides is 1. The first-order valence-electron chi connectivity index (χ1n) is 11.5. The van der Waals surface area contributed by atoms with Crippen LogP contribution in [0.2, 0.25) is 0 Å². The number of thiophene rings is 1. The first-order valence-corrected chi connectivity index (χ1v) is 13.8. The highest BCUT2D eigenvalue weighted by Crippen LogP contribution is 2.50. The summed E-state index contributed by atoms with van der Waals surface area (Å²) in [4.78, 5) is 1.77. The van der Waals surface area contributed by atoms with Gasteiger partial charge in [-0.2, -0.15) is 30.6 Å². The second-order valence-corrected chi connectivity index (χ2v) is 12.2. The third-order valence-corrected chi connectivity index (χ3v) is 9.76. The minimum absolute atomic E-state index is 0.0605. The fourth-order valence-electron chi connectivity index (χ4n) is 4.59. The van der Waals surface area contributed by atoms with Crippen LogP contribution >= 0.6 is 11.3 Å². The molecule has 13 heteroatoms. The predicted molar refractivity (Wildman–Crippen MR) is 132 cm³/mol. The van der Waals surface area contributed by atoms with E-state index in [1.807, 2.05) is 31.2 Å². The highest BCUT2D eigenvalue weighted by Gasteiger charge is 2.71. The molecule has 0 saturated carbocycles. The molecule has 1 aromatic heterocycles. The van der Waals surface area contributed by atoms with E-state index in [0.717, 1.165) is 34.6 Å². The van der Waals surface area contributed by atoms with Gasteiger partial charge in [0.25, 0.3) is 15.6 Å². The lowest BCUT2D eigenvalue weighted by atomic mass is 9.92. The monoisotopic (exact) mass is 578 g/mol. The van der Waals surface area contributed by atoms with Crippen molar-refractivity contribution in [1.82, 2.24) is 4.31 Å². The highest BCUT2D eigenvalue weighted by molar-refractivity contribution is 7.91. The number of hydrogen-bond donors (Lipinski definition) is 1. The molecule has 38 heavy (non-hydrogen) atoms. The van der Waals surface area contributed by atoms with Gasteiger partial charge >= 0.3 is 12.4 Å². The summed E-state index contributed by atoms with van der Waals surface area (Å²) < 4.78 is 108. The molecule has 1 N–H and O–H groups in total.